The minimum atomic E-state index is 0.488. The second-order valence-corrected chi connectivity index (χ2v) is 12.0. The zero-order valence-electron chi connectivity index (χ0n) is 24.9. The number of fused-ring (bicyclic) bond motifs is 6. The third kappa shape index (κ3) is 4.14. The van der Waals surface area contributed by atoms with Crippen LogP contribution in [0.4, 0.5) is 0 Å². The van der Waals surface area contributed by atoms with Gasteiger partial charge in [-0.15, -0.1) is 0 Å². The van der Waals surface area contributed by atoms with Crippen molar-refractivity contribution in [1.82, 2.24) is 19.1 Å². The maximum Gasteiger partial charge on any atom is 0.235 e. The summed E-state index contributed by atoms with van der Waals surface area (Å²) in [6, 6.07) is 45.0. The highest BCUT2D eigenvalue weighted by molar-refractivity contribution is 6.19. The van der Waals surface area contributed by atoms with Crippen LogP contribution in [0.5, 0.6) is 0 Å². The molecular weight excluding hydrogens is 548 g/mol. The van der Waals surface area contributed by atoms with E-state index in [0.29, 0.717) is 11.9 Å². The first kappa shape index (κ1) is 25.7. The summed E-state index contributed by atoms with van der Waals surface area (Å²) < 4.78 is 4.71. The van der Waals surface area contributed by atoms with Crippen molar-refractivity contribution in [3.63, 3.8) is 0 Å². The van der Waals surface area contributed by atoms with Gasteiger partial charge in [0.2, 0.25) is 5.95 Å². The largest absolute Gasteiger partial charge is 0.313 e. The SMILES string of the molecule is CC1C=CC=C(n2c3ccccc3c3cc4c5ccccc5n(-c5nc(-c6ccccc6)cc(-c6ccccc6)n5)c4cc32)C1. The first-order valence-electron chi connectivity index (χ1n) is 15.6. The van der Waals surface area contributed by atoms with Gasteiger partial charge in [0.1, 0.15) is 0 Å². The van der Waals surface area contributed by atoms with Crippen LogP contribution >= 0.6 is 0 Å². The quantitative estimate of drug-likeness (QED) is 0.208. The van der Waals surface area contributed by atoms with Crippen LogP contribution in [0.1, 0.15) is 13.3 Å². The van der Waals surface area contributed by atoms with Crippen molar-refractivity contribution in [3.8, 4) is 28.5 Å². The van der Waals surface area contributed by atoms with Gasteiger partial charge in [0, 0.05) is 38.4 Å². The molecule has 0 fully saturated rings. The van der Waals surface area contributed by atoms with Crippen molar-refractivity contribution in [2.45, 2.75) is 13.3 Å². The lowest BCUT2D eigenvalue weighted by Crippen LogP contribution is -2.05. The molecule has 45 heavy (non-hydrogen) atoms. The molecule has 214 valence electrons. The number of aromatic nitrogens is 4. The Kier molecular flexibility index (Phi) is 5.82. The highest BCUT2D eigenvalue weighted by Gasteiger charge is 2.21. The maximum atomic E-state index is 5.24. The number of benzene rings is 5. The van der Waals surface area contributed by atoms with E-state index in [4.69, 9.17) is 9.97 Å². The molecule has 4 nitrogen and oxygen atoms in total. The highest BCUT2D eigenvalue weighted by atomic mass is 15.2. The summed E-state index contributed by atoms with van der Waals surface area (Å²) in [6.45, 7) is 2.29. The van der Waals surface area contributed by atoms with Crippen molar-refractivity contribution >= 4 is 49.3 Å². The Bertz CT molecular complexity index is 2400. The van der Waals surface area contributed by atoms with Crippen LogP contribution in [0.3, 0.4) is 0 Å². The summed E-state index contributed by atoms with van der Waals surface area (Å²) in [7, 11) is 0. The predicted octanol–water partition coefficient (Wildman–Crippen LogP) is 10.5. The maximum absolute atomic E-state index is 5.24. The summed E-state index contributed by atoms with van der Waals surface area (Å²) in [5.41, 5.74) is 9.85. The first-order valence-corrected chi connectivity index (χ1v) is 15.6. The Balaban J connectivity index is 1.39. The molecule has 0 N–H and O–H groups in total. The Morgan fingerprint density at radius 1 is 0.533 bits per heavy atom. The van der Waals surface area contributed by atoms with Gasteiger partial charge in [0.05, 0.1) is 33.5 Å². The van der Waals surface area contributed by atoms with E-state index in [1.54, 1.807) is 0 Å². The fourth-order valence-electron chi connectivity index (χ4n) is 6.99. The van der Waals surface area contributed by atoms with Crippen molar-refractivity contribution in [3.05, 3.63) is 146 Å². The second kappa shape index (κ2) is 10.2. The summed E-state index contributed by atoms with van der Waals surface area (Å²) in [5.74, 6) is 1.15. The third-order valence-electron chi connectivity index (χ3n) is 9.07. The molecule has 1 aliphatic carbocycles. The minimum Gasteiger partial charge on any atom is -0.313 e. The number of para-hydroxylation sites is 2. The Morgan fingerprint density at radius 3 is 1.67 bits per heavy atom. The fraction of sp³-hybridized carbons (Fsp3) is 0.0732. The Morgan fingerprint density at radius 2 is 1.07 bits per heavy atom. The van der Waals surface area contributed by atoms with Crippen molar-refractivity contribution in [2.24, 2.45) is 5.92 Å². The molecule has 0 aliphatic heterocycles. The van der Waals surface area contributed by atoms with Crippen LogP contribution in [0.25, 0.3) is 77.8 Å². The molecule has 3 heterocycles. The molecule has 9 rings (SSSR count). The van der Waals surface area contributed by atoms with Gasteiger partial charge in [-0.2, -0.15) is 0 Å². The summed E-state index contributed by atoms with van der Waals surface area (Å²) in [6.07, 6.45) is 7.75. The second-order valence-electron chi connectivity index (χ2n) is 12.0. The van der Waals surface area contributed by atoms with Crippen LogP contribution in [-0.4, -0.2) is 19.1 Å². The molecule has 3 aromatic heterocycles. The van der Waals surface area contributed by atoms with Crippen LogP contribution in [0.15, 0.2) is 146 Å². The van der Waals surface area contributed by atoms with Gasteiger partial charge < -0.3 is 4.57 Å². The van der Waals surface area contributed by atoms with Gasteiger partial charge in [-0.1, -0.05) is 116 Å². The molecule has 5 aromatic carbocycles. The van der Waals surface area contributed by atoms with E-state index >= 15 is 0 Å². The van der Waals surface area contributed by atoms with Crippen LogP contribution in [0, 0.1) is 5.92 Å². The molecule has 8 aromatic rings. The van der Waals surface area contributed by atoms with Crippen molar-refractivity contribution in [2.75, 3.05) is 0 Å². The van der Waals surface area contributed by atoms with Crippen LogP contribution in [0.2, 0.25) is 0 Å². The molecule has 0 bridgehead atoms. The number of allylic oxidation sites excluding steroid dienone is 4. The number of hydrogen-bond acceptors (Lipinski definition) is 2. The zero-order chi connectivity index (χ0) is 29.9. The fourth-order valence-corrected chi connectivity index (χ4v) is 6.99. The molecule has 0 saturated heterocycles. The molecular formula is C41H30N4. The number of nitrogens with zero attached hydrogens (tertiary/aromatic N) is 4. The lowest BCUT2D eigenvalue weighted by Gasteiger charge is -2.18. The smallest absolute Gasteiger partial charge is 0.235 e. The number of rotatable bonds is 4. The normalized spacial score (nSPS) is 15.0. The van der Waals surface area contributed by atoms with Gasteiger partial charge in [0.25, 0.3) is 0 Å². The van der Waals surface area contributed by atoms with Gasteiger partial charge in [-0.05, 0) is 48.7 Å². The monoisotopic (exact) mass is 578 g/mol. The van der Waals surface area contributed by atoms with Crippen molar-refractivity contribution < 1.29 is 0 Å². The van der Waals surface area contributed by atoms with Gasteiger partial charge in [0.15, 0.2) is 0 Å². The molecule has 4 heteroatoms. The standard InChI is InChI=1S/C41H30N4/c1-27-13-12-18-30(23-27)44-37-21-10-8-19-31(37)33-24-34-32-20-9-11-22-38(32)45(40(34)26-39(33)44)41-42-35(28-14-4-2-5-15-28)25-36(43-41)29-16-6-3-7-17-29/h2-22,24-27H,23H2,1H3. The predicted molar refractivity (Wildman–Crippen MR) is 187 cm³/mol. The Labute approximate surface area is 261 Å². The summed E-state index contributed by atoms with van der Waals surface area (Å²) in [4.78, 5) is 10.5. The highest BCUT2D eigenvalue weighted by Crippen LogP contribution is 2.40. The van der Waals surface area contributed by atoms with E-state index in [1.165, 1.54) is 38.3 Å². The summed E-state index contributed by atoms with van der Waals surface area (Å²) >= 11 is 0. The van der Waals surface area contributed by atoms with E-state index < -0.39 is 0 Å². The van der Waals surface area contributed by atoms with Gasteiger partial charge >= 0.3 is 0 Å². The number of hydrogen-bond donors (Lipinski definition) is 0. The average Bonchev–Trinajstić information content (AvgIpc) is 3.60. The lowest BCUT2D eigenvalue weighted by atomic mass is 10.00. The third-order valence-corrected chi connectivity index (χ3v) is 9.07. The van der Waals surface area contributed by atoms with E-state index in [2.05, 4.69) is 150 Å². The molecule has 0 radical (unpaired) electrons. The Hall–Kier alpha value is -5.74. The van der Waals surface area contributed by atoms with Crippen LogP contribution < -0.4 is 0 Å². The molecule has 1 unspecified atom stereocenters. The van der Waals surface area contributed by atoms with E-state index in [9.17, 15) is 0 Å². The molecule has 0 spiro atoms. The van der Waals surface area contributed by atoms with Crippen LogP contribution in [-0.2, 0) is 0 Å². The van der Waals surface area contributed by atoms with Gasteiger partial charge in [-0.25, -0.2) is 9.97 Å². The van der Waals surface area contributed by atoms with E-state index in [-0.39, 0.29) is 0 Å². The molecule has 1 atom stereocenters. The first-order chi connectivity index (χ1) is 22.2. The molecule has 1 aliphatic rings. The molecule has 0 saturated carbocycles. The zero-order valence-corrected chi connectivity index (χ0v) is 24.9. The van der Waals surface area contributed by atoms with E-state index in [1.807, 2.05) is 12.1 Å². The van der Waals surface area contributed by atoms with Gasteiger partial charge in [-0.3, -0.25) is 4.57 Å². The average molecular weight is 579 g/mol. The molecule has 0 amide bonds. The minimum absolute atomic E-state index is 0.488. The lowest BCUT2D eigenvalue weighted by molar-refractivity contribution is 0.730. The topological polar surface area (TPSA) is 35.6 Å². The summed E-state index contributed by atoms with van der Waals surface area (Å²) in [5, 5.41) is 4.91. The van der Waals surface area contributed by atoms with Crippen molar-refractivity contribution in [1.29, 1.82) is 0 Å². The van der Waals surface area contributed by atoms with E-state index in [0.717, 1.165) is 40.0 Å².